The van der Waals surface area contributed by atoms with Gasteiger partial charge in [-0.3, -0.25) is 14.9 Å². The number of anilines is 1. The zero-order valence-electron chi connectivity index (χ0n) is 18.2. The molecule has 0 aromatic heterocycles. The van der Waals surface area contributed by atoms with Crippen LogP contribution in [0.25, 0.3) is 0 Å². The second kappa shape index (κ2) is 9.06. The van der Waals surface area contributed by atoms with Gasteiger partial charge in [-0.05, 0) is 62.4 Å². The molecule has 1 amide bonds. The van der Waals surface area contributed by atoms with Gasteiger partial charge in [-0.15, -0.1) is 0 Å². The summed E-state index contributed by atoms with van der Waals surface area (Å²) in [4.78, 5) is 24.9. The minimum atomic E-state index is -0.512. The van der Waals surface area contributed by atoms with Gasteiger partial charge >= 0.3 is 0 Å². The van der Waals surface area contributed by atoms with Crippen LogP contribution in [0, 0.1) is 10.1 Å². The molecule has 3 rings (SSSR count). The van der Waals surface area contributed by atoms with E-state index >= 15 is 0 Å². The Kier molecular flexibility index (Phi) is 6.65. The second-order valence-corrected chi connectivity index (χ2v) is 8.91. The maximum absolute atomic E-state index is 12.2. The Labute approximate surface area is 187 Å². The lowest BCUT2D eigenvalue weighted by molar-refractivity contribution is -0.384. The van der Waals surface area contributed by atoms with Crippen LogP contribution < -0.4 is 10.3 Å². The molecule has 1 aliphatic heterocycles. The van der Waals surface area contributed by atoms with Crippen molar-refractivity contribution in [2.45, 2.75) is 52.0 Å². The molecule has 1 heterocycles. The molecule has 31 heavy (non-hydrogen) atoms. The van der Waals surface area contributed by atoms with E-state index in [1.165, 1.54) is 36.0 Å². The summed E-state index contributed by atoms with van der Waals surface area (Å²) in [6.07, 6.45) is 3.62. The summed E-state index contributed by atoms with van der Waals surface area (Å²) >= 11 is 6.55. The zero-order chi connectivity index (χ0) is 22.8. The van der Waals surface area contributed by atoms with Gasteiger partial charge in [0.2, 0.25) is 0 Å². The number of non-ortho nitro benzene ring substituents is 1. The Morgan fingerprint density at radius 2 is 2.03 bits per heavy atom. The first kappa shape index (κ1) is 22.7. The number of nitro benzene ring substituents is 1. The van der Waals surface area contributed by atoms with Crippen molar-refractivity contribution in [3.63, 3.8) is 0 Å². The van der Waals surface area contributed by atoms with Crippen molar-refractivity contribution in [3.8, 4) is 0 Å². The fourth-order valence-electron chi connectivity index (χ4n) is 4.23. The summed E-state index contributed by atoms with van der Waals surface area (Å²) in [5.74, 6) is -0.0818. The Hall–Kier alpha value is -2.93. The number of halogens is 1. The molecule has 1 aliphatic rings. The lowest BCUT2D eigenvalue weighted by Gasteiger charge is -2.47. The minimum absolute atomic E-state index is 0.0556. The smallest absolute Gasteiger partial charge is 0.271 e. The van der Waals surface area contributed by atoms with Gasteiger partial charge in [0.05, 0.1) is 16.2 Å². The fourth-order valence-corrected chi connectivity index (χ4v) is 4.43. The topological polar surface area (TPSA) is 87.8 Å². The standard InChI is InChI=1S/C23H27ClN4O3/c1-5-10-27-21-12-20(24)17(11-19(21)15(2)13-23(27,3)4)14-25-26-22(29)16-6-8-18(9-7-16)28(30)31/h6-9,11-12,14-15H,5,10,13H2,1-4H3,(H,26,29)/b25-14-. The molecule has 8 heteroatoms. The van der Waals surface area contributed by atoms with Gasteiger partial charge in [-0.1, -0.05) is 25.4 Å². The van der Waals surface area contributed by atoms with Gasteiger partial charge in [0.25, 0.3) is 11.6 Å². The summed E-state index contributed by atoms with van der Waals surface area (Å²) < 4.78 is 0. The van der Waals surface area contributed by atoms with Crippen LogP contribution in [0.3, 0.4) is 0 Å². The largest absolute Gasteiger partial charge is 0.366 e. The van der Waals surface area contributed by atoms with Crippen LogP contribution in [-0.2, 0) is 0 Å². The third kappa shape index (κ3) is 4.88. The molecular formula is C23H27ClN4O3. The van der Waals surface area contributed by atoms with E-state index in [-0.39, 0.29) is 16.8 Å². The van der Waals surface area contributed by atoms with Crippen molar-refractivity contribution in [3.05, 3.63) is 68.2 Å². The van der Waals surface area contributed by atoms with Crippen LogP contribution >= 0.6 is 11.6 Å². The molecule has 0 bridgehead atoms. The summed E-state index contributed by atoms with van der Waals surface area (Å²) in [5, 5.41) is 15.3. The highest BCUT2D eigenvalue weighted by atomic mass is 35.5. The summed E-state index contributed by atoms with van der Waals surface area (Å²) in [6.45, 7) is 9.87. The monoisotopic (exact) mass is 442 g/mol. The van der Waals surface area contributed by atoms with E-state index in [1.807, 2.05) is 12.1 Å². The molecule has 0 spiro atoms. The zero-order valence-corrected chi connectivity index (χ0v) is 18.9. The molecule has 0 fully saturated rings. The number of nitrogens with one attached hydrogen (secondary N) is 1. The van der Waals surface area contributed by atoms with Gasteiger partial charge in [0.15, 0.2) is 0 Å². The molecule has 0 saturated carbocycles. The molecule has 2 aromatic carbocycles. The van der Waals surface area contributed by atoms with Crippen molar-refractivity contribution >= 4 is 35.1 Å². The van der Waals surface area contributed by atoms with Crippen molar-refractivity contribution in [2.75, 3.05) is 11.4 Å². The minimum Gasteiger partial charge on any atom is -0.366 e. The van der Waals surface area contributed by atoms with E-state index < -0.39 is 10.8 Å². The van der Waals surface area contributed by atoms with Crippen LogP contribution in [0.15, 0.2) is 41.5 Å². The Balaban J connectivity index is 1.79. The maximum atomic E-state index is 12.2. The molecule has 164 valence electrons. The highest BCUT2D eigenvalue weighted by molar-refractivity contribution is 6.33. The highest BCUT2D eigenvalue weighted by Crippen LogP contribution is 2.45. The van der Waals surface area contributed by atoms with E-state index in [4.69, 9.17) is 11.6 Å². The number of fused-ring (bicyclic) bond motifs is 1. The number of hydrazone groups is 1. The average molecular weight is 443 g/mol. The third-order valence-electron chi connectivity index (χ3n) is 5.66. The van der Waals surface area contributed by atoms with E-state index in [1.54, 1.807) is 0 Å². The van der Waals surface area contributed by atoms with Crippen molar-refractivity contribution in [1.29, 1.82) is 0 Å². The molecule has 2 aromatic rings. The normalized spacial score (nSPS) is 17.5. The first-order valence-electron chi connectivity index (χ1n) is 10.3. The van der Waals surface area contributed by atoms with Gasteiger partial charge in [-0.25, -0.2) is 5.43 Å². The van der Waals surface area contributed by atoms with Crippen molar-refractivity contribution < 1.29 is 9.72 Å². The molecule has 7 nitrogen and oxygen atoms in total. The maximum Gasteiger partial charge on any atom is 0.271 e. The fraction of sp³-hybridized carbons (Fsp3) is 0.391. The quantitative estimate of drug-likeness (QED) is 0.362. The number of amides is 1. The second-order valence-electron chi connectivity index (χ2n) is 8.50. The van der Waals surface area contributed by atoms with E-state index in [2.05, 4.69) is 43.1 Å². The van der Waals surface area contributed by atoms with Gasteiger partial charge < -0.3 is 4.90 Å². The molecule has 1 atom stereocenters. The molecule has 1 unspecified atom stereocenters. The predicted octanol–water partition coefficient (Wildman–Crippen LogP) is 5.51. The predicted molar refractivity (Wildman–Crippen MR) is 124 cm³/mol. The molecule has 0 radical (unpaired) electrons. The number of nitrogens with zero attached hydrogens (tertiary/aromatic N) is 3. The first-order valence-corrected chi connectivity index (χ1v) is 10.7. The number of carbonyl (C=O) groups excluding carboxylic acids is 1. The van der Waals surface area contributed by atoms with Crippen LogP contribution in [0.1, 0.15) is 67.9 Å². The summed E-state index contributed by atoms with van der Waals surface area (Å²) in [6, 6.07) is 9.38. The number of rotatable bonds is 6. The molecule has 0 saturated heterocycles. The van der Waals surface area contributed by atoms with Gasteiger partial charge in [-0.2, -0.15) is 5.10 Å². The molecule has 1 N–H and O–H groups in total. The highest BCUT2D eigenvalue weighted by Gasteiger charge is 2.36. The number of carbonyl (C=O) groups is 1. The van der Waals surface area contributed by atoms with Crippen molar-refractivity contribution in [2.24, 2.45) is 5.10 Å². The van der Waals surface area contributed by atoms with Crippen LogP contribution in [0.2, 0.25) is 5.02 Å². The SMILES string of the molecule is CCCN1c2cc(Cl)c(/C=N\NC(=O)c3ccc([N+](=O)[O-])cc3)cc2C(C)CC1(C)C. The van der Waals surface area contributed by atoms with Crippen molar-refractivity contribution in [1.82, 2.24) is 5.43 Å². The van der Waals surface area contributed by atoms with Gasteiger partial charge in [0, 0.05) is 41.0 Å². The number of hydrogen-bond acceptors (Lipinski definition) is 5. The van der Waals surface area contributed by atoms with Crippen LogP contribution in [0.5, 0.6) is 0 Å². The number of benzene rings is 2. The van der Waals surface area contributed by atoms with E-state index in [9.17, 15) is 14.9 Å². The Morgan fingerprint density at radius 1 is 1.35 bits per heavy atom. The van der Waals surface area contributed by atoms with Gasteiger partial charge in [0.1, 0.15) is 0 Å². The number of hydrogen-bond donors (Lipinski definition) is 1. The number of nitro groups is 1. The van der Waals surface area contributed by atoms with E-state index in [0.717, 1.165) is 30.6 Å². The Morgan fingerprint density at radius 3 is 2.65 bits per heavy atom. The Bertz CT molecular complexity index is 1020. The lowest BCUT2D eigenvalue weighted by atomic mass is 9.79. The molecule has 0 aliphatic carbocycles. The first-order chi connectivity index (χ1) is 14.6. The van der Waals surface area contributed by atoms with Crippen LogP contribution in [-0.4, -0.2) is 29.1 Å². The lowest BCUT2D eigenvalue weighted by Crippen LogP contribution is -2.48. The average Bonchev–Trinajstić information content (AvgIpc) is 2.71. The van der Waals surface area contributed by atoms with Crippen LogP contribution in [0.4, 0.5) is 11.4 Å². The summed E-state index contributed by atoms with van der Waals surface area (Å²) in [5.41, 5.74) is 5.82. The summed E-state index contributed by atoms with van der Waals surface area (Å²) in [7, 11) is 0. The third-order valence-corrected chi connectivity index (χ3v) is 5.99. The van der Waals surface area contributed by atoms with E-state index in [0.29, 0.717) is 10.9 Å². The molecular weight excluding hydrogens is 416 g/mol.